The Balaban J connectivity index is 1.63. The maximum Gasteiger partial charge on any atom is 0.177 e. The largest absolute Gasteiger partial charge is 0.366 e. The van der Waals surface area contributed by atoms with Gasteiger partial charge >= 0.3 is 0 Å². The Hall–Kier alpha value is -3.11. The lowest BCUT2D eigenvalue weighted by molar-refractivity contribution is 0.479. The molecule has 0 radical (unpaired) electrons. The Kier molecular flexibility index (Phi) is 4.90. The van der Waals surface area contributed by atoms with Crippen molar-refractivity contribution in [3.05, 3.63) is 53.2 Å². The SMILES string of the molecule is Cc1cccc(CNc2cc(NC3CCCNC3)nc3c(C#N)cnn23)c1. The second-order valence-corrected chi connectivity index (χ2v) is 6.96. The van der Waals surface area contributed by atoms with E-state index in [1.807, 2.05) is 6.07 Å². The van der Waals surface area contributed by atoms with Gasteiger partial charge in [-0.1, -0.05) is 29.8 Å². The first-order chi connectivity index (χ1) is 13.2. The molecule has 2 aromatic heterocycles. The Morgan fingerprint density at radius 2 is 2.30 bits per heavy atom. The molecule has 0 spiro atoms. The molecule has 0 bridgehead atoms. The molecule has 27 heavy (non-hydrogen) atoms. The lowest BCUT2D eigenvalue weighted by atomic mass is 10.1. The van der Waals surface area contributed by atoms with Crippen molar-refractivity contribution in [3.8, 4) is 6.07 Å². The van der Waals surface area contributed by atoms with Gasteiger partial charge in [-0.25, -0.2) is 4.98 Å². The van der Waals surface area contributed by atoms with Crippen LogP contribution in [0.2, 0.25) is 0 Å². The normalized spacial score (nSPS) is 16.8. The van der Waals surface area contributed by atoms with Gasteiger partial charge in [0.1, 0.15) is 23.3 Å². The fraction of sp³-hybridized carbons (Fsp3) is 0.350. The van der Waals surface area contributed by atoms with E-state index in [9.17, 15) is 5.26 Å². The van der Waals surface area contributed by atoms with Gasteiger partial charge in [0, 0.05) is 25.2 Å². The maximum atomic E-state index is 9.37. The van der Waals surface area contributed by atoms with E-state index in [4.69, 9.17) is 0 Å². The van der Waals surface area contributed by atoms with Gasteiger partial charge < -0.3 is 16.0 Å². The lowest BCUT2D eigenvalue weighted by Gasteiger charge is -2.24. The highest BCUT2D eigenvalue weighted by atomic mass is 15.3. The number of hydrogen-bond acceptors (Lipinski definition) is 6. The van der Waals surface area contributed by atoms with Crippen molar-refractivity contribution in [2.24, 2.45) is 0 Å². The highest BCUT2D eigenvalue weighted by molar-refractivity contribution is 5.63. The van der Waals surface area contributed by atoms with Crippen LogP contribution in [0.15, 0.2) is 36.5 Å². The topological polar surface area (TPSA) is 90.1 Å². The number of hydrogen-bond donors (Lipinski definition) is 3. The minimum absolute atomic E-state index is 0.340. The number of aryl methyl sites for hydroxylation is 1. The van der Waals surface area contributed by atoms with Gasteiger partial charge in [0.2, 0.25) is 0 Å². The van der Waals surface area contributed by atoms with Crippen LogP contribution in [0.3, 0.4) is 0 Å². The number of nitrogens with one attached hydrogen (secondary N) is 3. The predicted octanol–water partition coefficient (Wildman–Crippen LogP) is 2.69. The van der Waals surface area contributed by atoms with Gasteiger partial charge in [-0.2, -0.15) is 14.9 Å². The Labute approximate surface area is 158 Å². The minimum atomic E-state index is 0.340. The van der Waals surface area contributed by atoms with Crippen molar-refractivity contribution >= 4 is 17.3 Å². The molecule has 1 aromatic carbocycles. The molecule has 1 unspecified atom stereocenters. The number of nitriles is 1. The number of piperidine rings is 1. The molecule has 0 amide bonds. The fourth-order valence-electron chi connectivity index (χ4n) is 3.44. The van der Waals surface area contributed by atoms with Crippen LogP contribution in [0.25, 0.3) is 5.65 Å². The van der Waals surface area contributed by atoms with Crippen LogP contribution in [0.4, 0.5) is 11.6 Å². The fourth-order valence-corrected chi connectivity index (χ4v) is 3.44. The molecule has 1 atom stereocenters. The standard InChI is InChI=1S/C20H23N7/c1-14-4-2-5-15(8-14)11-23-19-9-18(25-17-6-3-7-22-13-17)26-20-16(10-21)12-24-27(19)20/h2,4-5,8-9,12,17,22-23H,3,6-7,11,13H2,1H3,(H,25,26). The van der Waals surface area contributed by atoms with Crippen LogP contribution in [0, 0.1) is 18.3 Å². The molecule has 3 N–H and O–H groups in total. The summed E-state index contributed by atoms with van der Waals surface area (Å²) in [7, 11) is 0. The van der Waals surface area contributed by atoms with Gasteiger partial charge in [-0.3, -0.25) is 0 Å². The van der Waals surface area contributed by atoms with Crippen molar-refractivity contribution in [1.82, 2.24) is 19.9 Å². The van der Waals surface area contributed by atoms with Gasteiger partial charge in [-0.05, 0) is 31.9 Å². The van der Waals surface area contributed by atoms with Crippen LogP contribution in [-0.2, 0) is 6.54 Å². The zero-order valence-electron chi connectivity index (χ0n) is 15.4. The number of nitrogens with zero attached hydrogens (tertiary/aromatic N) is 4. The molecule has 0 saturated carbocycles. The van der Waals surface area contributed by atoms with Crippen molar-refractivity contribution in [2.45, 2.75) is 32.4 Å². The van der Waals surface area contributed by atoms with E-state index < -0.39 is 0 Å². The van der Waals surface area contributed by atoms with E-state index >= 15 is 0 Å². The summed E-state index contributed by atoms with van der Waals surface area (Å²) in [5.74, 6) is 1.58. The van der Waals surface area contributed by atoms with Gasteiger partial charge in [0.25, 0.3) is 0 Å². The monoisotopic (exact) mass is 361 g/mol. The number of aromatic nitrogens is 3. The molecule has 7 nitrogen and oxygen atoms in total. The van der Waals surface area contributed by atoms with Crippen LogP contribution in [0.5, 0.6) is 0 Å². The molecule has 1 aliphatic heterocycles. The molecule has 4 rings (SSSR count). The van der Waals surface area contributed by atoms with E-state index in [1.54, 1.807) is 10.7 Å². The third-order valence-electron chi connectivity index (χ3n) is 4.80. The van der Waals surface area contributed by atoms with Crippen molar-refractivity contribution in [3.63, 3.8) is 0 Å². The van der Waals surface area contributed by atoms with Crippen molar-refractivity contribution in [1.29, 1.82) is 5.26 Å². The van der Waals surface area contributed by atoms with Crippen LogP contribution in [-0.4, -0.2) is 33.7 Å². The summed E-state index contributed by atoms with van der Waals surface area (Å²) in [6.45, 7) is 4.74. The van der Waals surface area contributed by atoms with Gasteiger partial charge in [0.15, 0.2) is 5.65 Å². The van der Waals surface area contributed by atoms with Crippen molar-refractivity contribution in [2.75, 3.05) is 23.7 Å². The third kappa shape index (κ3) is 3.86. The molecular weight excluding hydrogens is 338 g/mol. The summed E-state index contributed by atoms with van der Waals surface area (Å²) in [6.07, 6.45) is 3.82. The van der Waals surface area contributed by atoms with Crippen molar-refractivity contribution < 1.29 is 0 Å². The first-order valence-electron chi connectivity index (χ1n) is 9.28. The van der Waals surface area contributed by atoms with Crippen LogP contribution in [0.1, 0.15) is 29.5 Å². The maximum absolute atomic E-state index is 9.37. The molecular formula is C20H23N7. The molecule has 7 heteroatoms. The summed E-state index contributed by atoms with van der Waals surface area (Å²) in [6, 6.07) is 12.9. The Bertz CT molecular complexity index is 980. The molecule has 1 saturated heterocycles. The van der Waals surface area contributed by atoms with Crippen LogP contribution >= 0.6 is 0 Å². The van der Waals surface area contributed by atoms with E-state index in [1.165, 1.54) is 11.1 Å². The first-order valence-corrected chi connectivity index (χ1v) is 9.28. The number of rotatable bonds is 5. The summed E-state index contributed by atoms with van der Waals surface area (Å²) in [5, 5.41) is 24.0. The molecule has 0 aliphatic carbocycles. The second-order valence-electron chi connectivity index (χ2n) is 6.96. The quantitative estimate of drug-likeness (QED) is 0.647. The van der Waals surface area contributed by atoms with E-state index in [2.05, 4.69) is 63.3 Å². The van der Waals surface area contributed by atoms with E-state index in [0.29, 0.717) is 23.8 Å². The zero-order valence-corrected chi connectivity index (χ0v) is 15.4. The smallest absolute Gasteiger partial charge is 0.177 e. The summed E-state index contributed by atoms with van der Waals surface area (Å²) < 4.78 is 1.69. The summed E-state index contributed by atoms with van der Waals surface area (Å²) in [5.41, 5.74) is 3.46. The highest BCUT2D eigenvalue weighted by Crippen LogP contribution is 2.21. The third-order valence-corrected chi connectivity index (χ3v) is 4.80. The number of fused-ring (bicyclic) bond motifs is 1. The number of benzene rings is 1. The molecule has 1 aliphatic rings. The number of anilines is 2. The zero-order chi connectivity index (χ0) is 18.6. The minimum Gasteiger partial charge on any atom is -0.366 e. The lowest BCUT2D eigenvalue weighted by Crippen LogP contribution is -2.38. The first kappa shape index (κ1) is 17.3. The summed E-state index contributed by atoms with van der Waals surface area (Å²) in [4.78, 5) is 4.63. The predicted molar refractivity (Wildman–Crippen MR) is 106 cm³/mol. The Morgan fingerprint density at radius 1 is 1.37 bits per heavy atom. The molecule has 3 aromatic rings. The molecule has 3 heterocycles. The van der Waals surface area contributed by atoms with Crippen LogP contribution < -0.4 is 16.0 Å². The average molecular weight is 361 g/mol. The summed E-state index contributed by atoms with van der Waals surface area (Å²) >= 11 is 0. The molecule has 1 fully saturated rings. The van der Waals surface area contributed by atoms with Gasteiger partial charge in [0.05, 0.1) is 6.20 Å². The van der Waals surface area contributed by atoms with E-state index in [0.717, 1.165) is 37.6 Å². The van der Waals surface area contributed by atoms with Gasteiger partial charge in [-0.15, -0.1) is 0 Å². The Morgan fingerprint density at radius 3 is 3.07 bits per heavy atom. The second kappa shape index (κ2) is 7.64. The highest BCUT2D eigenvalue weighted by Gasteiger charge is 2.16. The van der Waals surface area contributed by atoms with E-state index in [-0.39, 0.29) is 0 Å². The molecule has 138 valence electrons. The average Bonchev–Trinajstić information content (AvgIpc) is 3.10.